The highest BCUT2D eigenvalue weighted by molar-refractivity contribution is 5.98. The van der Waals surface area contributed by atoms with Gasteiger partial charge < -0.3 is 20.3 Å². The Morgan fingerprint density at radius 2 is 2.08 bits per heavy atom. The molecule has 6 nitrogen and oxygen atoms in total. The maximum Gasteiger partial charge on any atom is 0.265 e. The van der Waals surface area contributed by atoms with Crippen molar-refractivity contribution in [3.05, 3.63) is 24.3 Å². The van der Waals surface area contributed by atoms with Crippen LogP contribution in [-0.2, 0) is 9.59 Å². The van der Waals surface area contributed by atoms with E-state index in [9.17, 15) is 9.59 Å². The van der Waals surface area contributed by atoms with Crippen LogP contribution in [0.5, 0.6) is 5.75 Å². The highest BCUT2D eigenvalue weighted by atomic mass is 16.5. The van der Waals surface area contributed by atoms with Crippen LogP contribution < -0.4 is 20.3 Å². The van der Waals surface area contributed by atoms with Gasteiger partial charge in [0.15, 0.2) is 6.61 Å². The second kappa shape index (κ2) is 7.21. The van der Waals surface area contributed by atoms with E-state index in [1.807, 2.05) is 24.3 Å². The number of benzene rings is 1. The van der Waals surface area contributed by atoms with E-state index in [1.54, 1.807) is 4.90 Å². The second-order valence-electron chi connectivity index (χ2n) is 6.89. The summed E-state index contributed by atoms with van der Waals surface area (Å²) in [6.45, 7) is 5.33. The molecule has 1 aromatic rings. The summed E-state index contributed by atoms with van der Waals surface area (Å²) in [4.78, 5) is 25.9. The predicted octanol–water partition coefficient (Wildman–Crippen LogP) is 1.31. The number of hydrogen-bond acceptors (Lipinski definition) is 4. The lowest BCUT2D eigenvalue weighted by molar-refractivity contribution is -0.122. The zero-order valence-corrected chi connectivity index (χ0v) is 14.1. The van der Waals surface area contributed by atoms with Gasteiger partial charge in [-0.3, -0.25) is 9.59 Å². The third-order valence-corrected chi connectivity index (χ3v) is 4.89. The number of hydrogen-bond donors (Lipinski definition) is 2. The lowest BCUT2D eigenvalue weighted by Gasteiger charge is -2.34. The van der Waals surface area contributed by atoms with Gasteiger partial charge in [0.25, 0.3) is 5.91 Å². The molecular weight excluding hydrogens is 306 g/mol. The van der Waals surface area contributed by atoms with E-state index >= 15 is 0 Å². The quantitative estimate of drug-likeness (QED) is 0.853. The molecule has 2 aliphatic rings. The first-order chi connectivity index (χ1) is 11.6. The number of fused-ring (bicyclic) bond motifs is 1. The Labute approximate surface area is 142 Å². The molecule has 0 aromatic heterocycles. The fourth-order valence-corrected chi connectivity index (χ4v) is 3.22. The Kier molecular flexibility index (Phi) is 5.04. The van der Waals surface area contributed by atoms with E-state index in [2.05, 4.69) is 17.6 Å². The summed E-state index contributed by atoms with van der Waals surface area (Å²) in [6.07, 6.45) is 2.44. The maximum absolute atomic E-state index is 12.2. The molecule has 2 N–H and O–H groups in total. The highest BCUT2D eigenvalue weighted by Gasteiger charge is 2.28. The molecule has 0 atom stereocenters. The standard InChI is InChI=1S/C18H25N3O3/c1-18(7-9-19-10-8-18)13-20-16(22)6-11-21-14-4-2-3-5-15(14)24-12-17(21)23/h2-5,19H,6-13H2,1H3,(H,20,22). The molecule has 3 rings (SSSR count). The summed E-state index contributed by atoms with van der Waals surface area (Å²) in [6, 6.07) is 7.43. The average molecular weight is 331 g/mol. The molecule has 24 heavy (non-hydrogen) atoms. The number of ether oxygens (including phenoxy) is 1. The Morgan fingerprint density at radius 1 is 1.33 bits per heavy atom. The average Bonchev–Trinajstić information content (AvgIpc) is 2.60. The number of carbonyl (C=O) groups excluding carboxylic acids is 2. The molecule has 2 heterocycles. The third kappa shape index (κ3) is 3.87. The van der Waals surface area contributed by atoms with Crippen molar-refractivity contribution in [2.45, 2.75) is 26.2 Å². The molecule has 2 aliphatic heterocycles. The number of carbonyl (C=O) groups is 2. The minimum Gasteiger partial charge on any atom is -0.482 e. The molecule has 130 valence electrons. The summed E-state index contributed by atoms with van der Waals surface area (Å²) >= 11 is 0. The number of para-hydroxylation sites is 2. The summed E-state index contributed by atoms with van der Waals surface area (Å²) in [5.41, 5.74) is 0.911. The molecule has 6 heteroatoms. The number of nitrogens with zero attached hydrogens (tertiary/aromatic N) is 1. The van der Waals surface area contributed by atoms with Crippen LogP contribution in [0.15, 0.2) is 24.3 Å². The van der Waals surface area contributed by atoms with Gasteiger partial charge >= 0.3 is 0 Å². The van der Waals surface area contributed by atoms with Crippen LogP contribution in [0.4, 0.5) is 5.69 Å². The van der Waals surface area contributed by atoms with Crippen LogP contribution >= 0.6 is 0 Å². The zero-order chi connectivity index (χ0) is 17.0. The van der Waals surface area contributed by atoms with Gasteiger partial charge in [0.2, 0.25) is 5.91 Å². The van der Waals surface area contributed by atoms with E-state index in [4.69, 9.17) is 4.74 Å². The molecule has 0 radical (unpaired) electrons. The predicted molar refractivity (Wildman–Crippen MR) is 92.1 cm³/mol. The van der Waals surface area contributed by atoms with E-state index in [1.165, 1.54) is 0 Å². The van der Waals surface area contributed by atoms with Crippen LogP contribution in [0.3, 0.4) is 0 Å². The third-order valence-electron chi connectivity index (χ3n) is 4.89. The summed E-state index contributed by atoms with van der Waals surface area (Å²) < 4.78 is 5.42. The minimum atomic E-state index is -0.105. The van der Waals surface area contributed by atoms with Crippen LogP contribution in [0.1, 0.15) is 26.2 Å². The molecule has 1 aromatic carbocycles. The zero-order valence-electron chi connectivity index (χ0n) is 14.1. The molecular formula is C18H25N3O3. The van der Waals surface area contributed by atoms with Crippen molar-refractivity contribution in [3.63, 3.8) is 0 Å². The highest BCUT2D eigenvalue weighted by Crippen LogP contribution is 2.31. The van der Waals surface area contributed by atoms with Gasteiger partial charge in [0, 0.05) is 19.5 Å². The summed E-state index contributed by atoms with van der Waals surface area (Å²) in [5.74, 6) is 0.582. The van der Waals surface area contributed by atoms with Gasteiger partial charge in [-0.15, -0.1) is 0 Å². The monoisotopic (exact) mass is 331 g/mol. The van der Waals surface area contributed by atoms with Gasteiger partial charge in [-0.1, -0.05) is 19.1 Å². The first-order valence-electron chi connectivity index (χ1n) is 8.57. The Morgan fingerprint density at radius 3 is 2.88 bits per heavy atom. The first-order valence-corrected chi connectivity index (χ1v) is 8.57. The van der Waals surface area contributed by atoms with Crippen LogP contribution in [0.25, 0.3) is 0 Å². The van der Waals surface area contributed by atoms with Crippen LogP contribution in [0, 0.1) is 5.41 Å². The summed E-state index contributed by atoms with van der Waals surface area (Å²) in [5, 5.41) is 6.38. The molecule has 0 saturated carbocycles. The topological polar surface area (TPSA) is 70.7 Å². The van der Waals surface area contributed by atoms with Crippen LogP contribution in [-0.4, -0.2) is 44.6 Å². The maximum atomic E-state index is 12.2. The van der Waals surface area contributed by atoms with Crippen LogP contribution in [0.2, 0.25) is 0 Å². The molecule has 0 aliphatic carbocycles. The van der Waals surface area contributed by atoms with Crippen molar-refractivity contribution >= 4 is 17.5 Å². The normalized spacial score (nSPS) is 19.4. The van der Waals surface area contributed by atoms with Crippen molar-refractivity contribution in [3.8, 4) is 5.75 Å². The van der Waals surface area contributed by atoms with Gasteiger partial charge in [0.1, 0.15) is 5.75 Å². The smallest absolute Gasteiger partial charge is 0.265 e. The van der Waals surface area contributed by atoms with Gasteiger partial charge in [-0.25, -0.2) is 0 Å². The second-order valence-corrected chi connectivity index (χ2v) is 6.89. The lowest BCUT2D eigenvalue weighted by atomic mass is 9.81. The number of amides is 2. The lowest BCUT2D eigenvalue weighted by Crippen LogP contribution is -2.44. The number of nitrogens with one attached hydrogen (secondary N) is 2. The van der Waals surface area contributed by atoms with Gasteiger partial charge in [-0.2, -0.15) is 0 Å². The fraction of sp³-hybridized carbons (Fsp3) is 0.556. The van der Waals surface area contributed by atoms with E-state index in [0.717, 1.165) is 31.6 Å². The molecule has 1 fully saturated rings. The van der Waals surface area contributed by atoms with E-state index in [0.29, 0.717) is 25.3 Å². The number of piperidine rings is 1. The number of anilines is 1. The van der Waals surface area contributed by atoms with E-state index < -0.39 is 0 Å². The Hall–Kier alpha value is -2.08. The van der Waals surface area contributed by atoms with Crippen molar-refractivity contribution in [2.24, 2.45) is 5.41 Å². The largest absolute Gasteiger partial charge is 0.482 e. The van der Waals surface area contributed by atoms with Crippen molar-refractivity contribution in [2.75, 3.05) is 37.7 Å². The van der Waals surface area contributed by atoms with E-state index in [-0.39, 0.29) is 23.8 Å². The molecule has 2 amide bonds. The Bertz CT molecular complexity index is 611. The fourth-order valence-electron chi connectivity index (χ4n) is 3.22. The molecule has 0 unspecified atom stereocenters. The van der Waals surface area contributed by atoms with Gasteiger partial charge in [-0.05, 0) is 43.5 Å². The molecule has 0 spiro atoms. The van der Waals surface area contributed by atoms with Crippen molar-refractivity contribution in [1.29, 1.82) is 0 Å². The van der Waals surface area contributed by atoms with Crippen molar-refractivity contribution in [1.82, 2.24) is 10.6 Å². The first kappa shape index (κ1) is 16.8. The molecule has 0 bridgehead atoms. The van der Waals surface area contributed by atoms with Crippen molar-refractivity contribution < 1.29 is 14.3 Å². The Balaban J connectivity index is 1.52. The van der Waals surface area contributed by atoms with Gasteiger partial charge in [0.05, 0.1) is 5.69 Å². The minimum absolute atomic E-state index is 0.00784. The summed E-state index contributed by atoms with van der Waals surface area (Å²) in [7, 11) is 0. The number of rotatable bonds is 5. The SMILES string of the molecule is CC1(CNC(=O)CCN2C(=O)COc3ccccc32)CCNCC1. The molecule has 1 saturated heterocycles.